The molecule has 23 heavy (non-hydrogen) atoms. The largest absolute Gasteiger partial charge is 0.481 e. The van der Waals surface area contributed by atoms with Gasteiger partial charge in [-0.1, -0.05) is 0 Å². The van der Waals surface area contributed by atoms with E-state index >= 15 is 0 Å². The number of aliphatic carboxylic acids is 1. The summed E-state index contributed by atoms with van der Waals surface area (Å²) >= 11 is 0. The number of anilines is 1. The van der Waals surface area contributed by atoms with Crippen LogP contribution in [0.1, 0.15) is 29.6 Å². The predicted octanol–water partition coefficient (Wildman–Crippen LogP) is 0.772. The van der Waals surface area contributed by atoms with Gasteiger partial charge in [0.05, 0.1) is 35.1 Å². The highest BCUT2D eigenvalue weighted by Gasteiger charge is 2.11. The molecule has 126 valence electrons. The van der Waals surface area contributed by atoms with E-state index in [1.807, 2.05) is 0 Å². The first-order chi connectivity index (χ1) is 13.9. The van der Waals surface area contributed by atoms with Crippen LogP contribution in [-0.2, 0) is 18.3 Å². The Morgan fingerprint density at radius 2 is 2.04 bits per heavy atom. The summed E-state index contributed by atoms with van der Waals surface area (Å²) in [6, 6.07) is 3.76. The second-order valence-corrected chi connectivity index (χ2v) is 4.79. The van der Waals surface area contributed by atoms with Gasteiger partial charge < -0.3 is 24.8 Å². The Labute approximate surface area is 146 Å². The molecule has 1 aromatic heterocycles. The number of nitrogens with zero attached hydrogens (tertiary/aromatic N) is 3. The van der Waals surface area contributed by atoms with Crippen molar-refractivity contribution in [1.29, 1.82) is 0 Å². The Balaban J connectivity index is 2.61. The number of aryl methyl sites for hydroxylation is 2. The van der Waals surface area contributed by atoms with Gasteiger partial charge in [0, 0.05) is 38.6 Å². The van der Waals surface area contributed by atoms with Crippen LogP contribution >= 0.6 is 0 Å². The molecule has 7 heteroatoms. The zero-order valence-corrected chi connectivity index (χ0v) is 12.4. The Bertz CT molecular complexity index is 942. The smallest absolute Gasteiger partial charge is 0.303 e. The lowest BCUT2D eigenvalue weighted by Gasteiger charge is -2.22. The average molecular weight is 329 g/mol. The van der Waals surface area contributed by atoms with Gasteiger partial charge in [0.1, 0.15) is 5.82 Å². The highest BCUT2D eigenvalue weighted by atomic mass is 16.4. The fourth-order valence-corrected chi connectivity index (χ4v) is 2.26. The molecule has 0 radical (unpaired) electrons. The van der Waals surface area contributed by atoms with Crippen molar-refractivity contribution in [2.45, 2.75) is 19.3 Å². The minimum Gasteiger partial charge on any atom is -0.481 e. The van der Waals surface area contributed by atoms with Crippen LogP contribution < -0.4 is 4.90 Å². The van der Waals surface area contributed by atoms with Crippen LogP contribution in [0.5, 0.6) is 0 Å². The van der Waals surface area contributed by atoms with E-state index in [-0.39, 0.29) is 22.5 Å². The lowest BCUT2D eigenvalue weighted by atomic mass is 10.2. The zero-order chi connectivity index (χ0) is 24.0. The summed E-state index contributed by atoms with van der Waals surface area (Å²) in [4.78, 5) is 15.0. The van der Waals surface area contributed by atoms with E-state index in [1.54, 1.807) is 11.6 Å². The van der Waals surface area contributed by atoms with Gasteiger partial charge in [-0.2, -0.15) is 0 Å². The van der Waals surface area contributed by atoms with Crippen LogP contribution in [0.4, 0.5) is 5.69 Å². The number of hydrogen-bond acceptors (Lipinski definition) is 5. The molecule has 3 N–H and O–H groups in total. The Morgan fingerprint density at radius 3 is 2.65 bits per heavy atom. The van der Waals surface area contributed by atoms with Gasteiger partial charge in [-0.25, -0.2) is 4.98 Å². The van der Waals surface area contributed by atoms with E-state index < -0.39 is 32.1 Å². The molecule has 0 unspecified atom stereocenters. The van der Waals surface area contributed by atoms with E-state index in [0.29, 0.717) is 24.2 Å². The highest BCUT2D eigenvalue weighted by Crippen LogP contribution is 2.23. The summed E-state index contributed by atoms with van der Waals surface area (Å²) < 4.78 is 63.0. The van der Waals surface area contributed by atoms with Crippen LogP contribution in [0.15, 0.2) is 18.2 Å². The number of aromatic nitrogens is 2. The second-order valence-electron chi connectivity index (χ2n) is 4.79. The van der Waals surface area contributed by atoms with Crippen molar-refractivity contribution in [2.24, 2.45) is 7.05 Å². The number of benzene rings is 1. The Morgan fingerprint density at radius 1 is 1.35 bits per heavy atom. The van der Waals surface area contributed by atoms with Gasteiger partial charge in [0.15, 0.2) is 0 Å². The van der Waals surface area contributed by atoms with Crippen LogP contribution in [0.2, 0.25) is 0 Å². The van der Waals surface area contributed by atoms with E-state index in [9.17, 15) is 15.0 Å². The molecule has 0 saturated heterocycles. The summed E-state index contributed by atoms with van der Waals surface area (Å²) in [7, 11) is 1.67. The summed E-state index contributed by atoms with van der Waals surface area (Å²) in [5.41, 5.74) is 0.363. The molecule has 0 aliphatic rings. The fourth-order valence-electron chi connectivity index (χ4n) is 2.26. The third kappa shape index (κ3) is 4.20. The molecule has 0 aliphatic heterocycles. The number of carboxylic acids is 1. The summed E-state index contributed by atoms with van der Waals surface area (Å²) in [5, 5.41) is 28.2. The normalized spacial score (nSPS) is 18.7. The molecule has 1 aromatic carbocycles. The second kappa shape index (κ2) is 7.94. The van der Waals surface area contributed by atoms with Crippen molar-refractivity contribution >= 4 is 22.7 Å². The quantitative estimate of drug-likeness (QED) is 0.628. The average Bonchev–Trinajstić information content (AvgIpc) is 2.88. The zero-order valence-electron chi connectivity index (χ0n) is 20.4. The maximum Gasteiger partial charge on any atom is 0.303 e. The van der Waals surface area contributed by atoms with Crippen LogP contribution in [0, 0.1) is 0 Å². The van der Waals surface area contributed by atoms with Crippen molar-refractivity contribution in [2.75, 3.05) is 31.0 Å². The molecule has 0 fully saturated rings. The first-order valence-corrected chi connectivity index (χ1v) is 6.83. The van der Waals surface area contributed by atoms with E-state index in [2.05, 4.69) is 4.98 Å². The van der Waals surface area contributed by atoms with Gasteiger partial charge in [0.2, 0.25) is 0 Å². The molecule has 1 heterocycles. The first-order valence-electron chi connectivity index (χ1n) is 10.8. The molecule has 2 rings (SSSR count). The number of carboxylic acid groups (broad SMARTS) is 1. The number of aliphatic hydroxyl groups is 2. The fraction of sp³-hybridized carbons (Fsp3) is 0.500. The Hall–Kier alpha value is -2.12. The minimum absolute atomic E-state index is 0.00176. The van der Waals surface area contributed by atoms with Crippen molar-refractivity contribution in [3.8, 4) is 0 Å². The lowest BCUT2D eigenvalue weighted by Crippen LogP contribution is -2.29. The molecule has 0 bridgehead atoms. The van der Waals surface area contributed by atoms with E-state index in [1.165, 1.54) is 18.2 Å². The number of carbonyl (C=O) groups is 1. The van der Waals surface area contributed by atoms with Gasteiger partial charge in [-0.15, -0.1) is 0 Å². The molecule has 7 nitrogen and oxygen atoms in total. The standard InChI is InChI=1S/C16H23N3O4/c1-18-14-6-5-12(19(7-9-20)8-10-21)11-13(14)17-15(18)3-2-4-16(22)23/h5-6,11,20-21H,2-4,7-10H2,1H3,(H,22,23)/i7D2,8D2,9D2,10D2. The maximum absolute atomic E-state index is 10.7. The lowest BCUT2D eigenvalue weighted by molar-refractivity contribution is -0.137. The molecule has 0 aliphatic carbocycles. The first kappa shape index (κ1) is 9.24. The number of hydrogen-bond donors (Lipinski definition) is 3. The summed E-state index contributed by atoms with van der Waals surface area (Å²) in [6.45, 7) is -14.3. The van der Waals surface area contributed by atoms with Crippen molar-refractivity contribution in [1.82, 2.24) is 9.55 Å². The van der Waals surface area contributed by atoms with Gasteiger partial charge >= 0.3 is 5.97 Å². The summed E-state index contributed by atoms with van der Waals surface area (Å²) in [6.07, 6.45) is 0.558. The van der Waals surface area contributed by atoms with E-state index in [0.717, 1.165) is 0 Å². The van der Waals surface area contributed by atoms with Crippen LogP contribution in [-0.4, -0.2) is 57.0 Å². The van der Waals surface area contributed by atoms with Crippen LogP contribution in [0.3, 0.4) is 0 Å². The predicted molar refractivity (Wildman–Crippen MR) is 87.7 cm³/mol. The van der Waals surface area contributed by atoms with Gasteiger partial charge in [-0.05, 0) is 24.6 Å². The Kier molecular flexibility index (Phi) is 3.19. The molecule has 0 atom stereocenters. The van der Waals surface area contributed by atoms with Crippen molar-refractivity contribution < 1.29 is 31.1 Å². The monoisotopic (exact) mass is 329 g/mol. The summed E-state index contributed by atoms with van der Waals surface area (Å²) in [5.74, 6) is -0.460. The number of imidazole rings is 1. The van der Waals surface area contributed by atoms with Crippen molar-refractivity contribution in [3.63, 3.8) is 0 Å². The number of rotatable bonds is 9. The molecule has 2 aromatic rings. The molecular weight excluding hydrogens is 298 g/mol. The maximum atomic E-state index is 10.7. The van der Waals surface area contributed by atoms with Crippen LogP contribution in [0.25, 0.3) is 11.0 Å². The minimum atomic E-state index is -3.63. The van der Waals surface area contributed by atoms with Gasteiger partial charge in [0.25, 0.3) is 0 Å². The number of fused-ring (bicyclic) bond motifs is 1. The molecular formula is C16H23N3O4. The topological polar surface area (TPSA) is 98.8 Å². The van der Waals surface area contributed by atoms with E-state index in [4.69, 9.17) is 16.1 Å². The highest BCUT2D eigenvalue weighted by molar-refractivity contribution is 5.80. The third-order valence-corrected chi connectivity index (χ3v) is 3.33. The SMILES string of the molecule is [2H]C([2H])(O)C([2H])([2H])N(c1ccc2c(c1)nc(CCCC(=O)O)n2C)C([2H])([2H])C([2H])([2H])O. The molecule has 0 amide bonds. The molecule has 0 spiro atoms. The third-order valence-electron chi connectivity index (χ3n) is 3.33. The molecule has 0 saturated carbocycles. The van der Waals surface area contributed by atoms with Crippen molar-refractivity contribution in [3.05, 3.63) is 24.0 Å². The van der Waals surface area contributed by atoms with Gasteiger partial charge in [-0.3, -0.25) is 4.79 Å².